The number of nitrogens with zero attached hydrogens (tertiary/aromatic N) is 4. The highest BCUT2D eigenvalue weighted by molar-refractivity contribution is 5.92. The van der Waals surface area contributed by atoms with Crippen molar-refractivity contribution in [1.82, 2.24) is 20.2 Å². The van der Waals surface area contributed by atoms with E-state index in [1.54, 1.807) is 0 Å². The van der Waals surface area contributed by atoms with Crippen molar-refractivity contribution in [2.24, 2.45) is 0 Å². The molecule has 0 bridgehead atoms. The van der Waals surface area contributed by atoms with Crippen LogP contribution >= 0.6 is 0 Å². The number of para-hydroxylation sites is 1. The van der Waals surface area contributed by atoms with Crippen LogP contribution in [0.1, 0.15) is 23.6 Å². The average molecular weight is 389 g/mol. The normalized spacial score (nSPS) is 11.5. The minimum Gasteiger partial charge on any atom is -0.324 e. The molecule has 0 aliphatic carbocycles. The summed E-state index contributed by atoms with van der Waals surface area (Å²) in [5.74, 6) is -0.332. The highest BCUT2D eigenvalue weighted by Gasteiger charge is 2.30. The second-order valence-corrected chi connectivity index (χ2v) is 6.23. The standard InChI is InChI=1S/C19H18F3N5O/c1-3-13-7-4-6-12(2)17(13)23-16(28)11-27-25-18(24-26-27)14-8-5-9-15(10-14)19(20,21)22/h4-10H,3,11H2,1-2H3,(H,23,28). The number of carbonyl (C=O) groups is 1. The Hall–Kier alpha value is -3.23. The van der Waals surface area contributed by atoms with Gasteiger partial charge in [0, 0.05) is 11.3 Å². The molecule has 28 heavy (non-hydrogen) atoms. The smallest absolute Gasteiger partial charge is 0.324 e. The summed E-state index contributed by atoms with van der Waals surface area (Å²) in [5, 5.41) is 14.4. The summed E-state index contributed by atoms with van der Waals surface area (Å²) in [6, 6.07) is 10.4. The number of tetrazole rings is 1. The number of anilines is 1. The van der Waals surface area contributed by atoms with Crippen LogP contribution in [0.25, 0.3) is 11.4 Å². The Morgan fingerprint density at radius 3 is 2.64 bits per heavy atom. The lowest BCUT2D eigenvalue weighted by molar-refractivity contribution is -0.137. The first-order chi connectivity index (χ1) is 13.3. The summed E-state index contributed by atoms with van der Waals surface area (Å²) >= 11 is 0. The van der Waals surface area contributed by atoms with Crippen molar-refractivity contribution in [1.29, 1.82) is 0 Å². The Morgan fingerprint density at radius 1 is 1.18 bits per heavy atom. The molecule has 0 spiro atoms. The fourth-order valence-electron chi connectivity index (χ4n) is 2.77. The zero-order valence-corrected chi connectivity index (χ0v) is 15.3. The maximum absolute atomic E-state index is 12.8. The fraction of sp³-hybridized carbons (Fsp3) is 0.263. The van der Waals surface area contributed by atoms with Crippen LogP contribution in [0.4, 0.5) is 18.9 Å². The molecule has 0 saturated heterocycles. The Balaban J connectivity index is 1.74. The van der Waals surface area contributed by atoms with Crippen LogP contribution in [0.2, 0.25) is 0 Å². The van der Waals surface area contributed by atoms with Crippen molar-refractivity contribution in [3.05, 3.63) is 59.2 Å². The summed E-state index contributed by atoms with van der Waals surface area (Å²) in [5.41, 5.74) is 2.06. The number of carbonyl (C=O) groups excluding carboxylic acids is 1. The maximum Gasteiger partial charge on any atom is 0.416 e. The van der Waals surface area contributed by atoms with E-state index in [9.17, 15) is 18.0 Å². The predicted octanol–water partition coefficient (Wildman–Crippen LogP) is 3.87. The van der Waals surface area contributed by atoms with Gasteiger partial charge in [-0.3, -0.25) is 4.79 Å². The third-order valence-electron chi connectivity index (χ3n) is 4.19. The fourth-order valence-corrected chi connectivity index (χ4v) is 2.77. The minimum atomic E-state index is -4.46. The second kappa shape index (κ2) is 7.79. The quantitative estimate of drug-likeness (QED) is 0.719. The summed E-state index contributed by atoms with van der Waals surface area (Å²) in [6.45, 7) is 3.68. The molecule has 0 fully saturated rings. The predicted molar refractivity (Wildman–Crippen MR) is 97.4 cm³/mol. The topological polar surface area (TPSA) is 72.7 Å². The van der Waals surface area contributed by atoms with Gasteiger partial charge in [0.2, 0.25) is 11.7 Å². The van der Waals surface area contributed by atoms with E-state index < -0.39 is 11.7 Å². The zero-order chi connectivity index (χ0) is 20.3. The van der Waals surface area contributed by atoms with Crippen LogP contribution in [0.5, 0.6) is 0 Å². The molecule has 3 aromatic rings. The van der Waals surface area contributed by atoms with Crippen LogP contribution in [-0.4, -0.2) is 26.1 Å². The van der Waals surface area contributed by atoms with Crippen molar-refractivity contribution in [2.45, 2.75) is 33.0 Å². The highest BCUT2D eigenvalue weighted by Crippen LogP contribution is 2.31. The van der Waals surface area contributed by atoms with Gasteiger partial charge in [-0.05, 0) is 41.8 Å². The molecule has 0 aliphatic rings. The van der Waals surface area contributed by atoms with Crippen molar-refractivity contribution < 1.29 is 18.0 Å². The molecule has 1 aromatic heterocycles. The number of aryl methyl sites for hydroxylation is 2. The monoisotopic (exact) mass is 389 g/mol. The van der Waals surface area contributed by atoms with Gasteiger partial charge >= 0.3 is 6.18 Å². The summed E-state index contributed by atoms with van der Waals surface area (Å²) in [7, 11) is 0. The Morgan fingerprint density at radius 2 is 1.93 bits per heavy atom. The first kappa shape index (κ1) is 19.5. The van der Waals surface area contributed by atoms with E-state index in [4.69, 9.17) is 0 Å². The van der Waals surface area contributed by atoms with E-state index in [0.29, 0.717) is 0 Å². The summed E-state index contributed by atoms with van der Waals surface area (Å²) in [6.07, 6.45) is -3.70. The molecule has 0 atom stereocenters. The van der Waals surface area contributed by atoms with E-state index >= 15 is 0 Å². The molecule has 146 valence electrons. The number of benzene rings is 2. The Labute approximate surface area is 159 Å². The van der Waals surface area contributed by atoms with E-state index in [2.05, 4.69) is 20.7 Å². The Bertz CT molecular complexity index is 997. The number of amides is 1. The highest BCUT2D eigenvalue weighted by atomic mass is 19.4. The third-order valence-corrected chi connectivity index (χ3v) is 4.19. The lowest BCUT2D eigenvalue weighted by atomic mass is 10.1. The van der Waals surface area contributed by atoms with Crippen LogP contribution in [-0.2, 0) is 23.9 Å². The first-order valence-electron chi connectivity index (χ1n) is 8.61. The van der Waals surface area contributed by atoms with Crippen molar-refractivity contribution in [3.8, 4) is 11.4 Å². The third kappa shape index (κ3) is 4.36. The molecule has 1 N–H and O–H groups in total. The van der Waals surface area contributed by atoms with Crippen LogP contribution in [0.15, 0.2) is 42.5 Å². The van der Waals surface area contributed by atoms with Gasteiger partial charge < -0.3 is 5.32 Å². The van der Waals surface area contributed by atoms with E-state index in [1.165, 1.54) is 12.1 Å². The number of nitrogens with one attached hydrogen (secondary N) is 1. The number of hydrogen-bond donors (Lipinski definition) is 1. The van der Waals surface area contributed by atoms with Crippen LogP contribution in [0, 0.1) is 6.92 Å². The largest absolute Gasteiger partial charge is 0.416 e. The average Bonchev–Trinajstić information content (AvgIpc) is 3.11. The number of aromatic nitrogens is 4. The van der Waals surface area contributed by atoms with Crippen molar-refractivity contribution in [3.63, 3.8) is 0 Å². The summed E-state index contributed by atoms with van der Waals surface area (Å²) in [4.78, 5) is 13.4. The molecule has 0 unspecified atom stereocenters. The molecule has 9 heteroatoms. The van der Waals surface area contributed by atoms with E-state index in [1.807, 2.05) is 32.0 Å². The van der Waals surface area contributed by atoms with Gasteiger partial charge in [0.15, 0.2) is 0 Å². The molecule has 6 nitrogen and oxygen atoms in total. The zero-order valence-electron chi connectivity index (χ0n) is 15.3. The molecular formula is C19H18F3N5O. The maximum atomic E-state index is 12.8. The van der Waals surface area contributed by atoms with Gasteiger partial charge in [0.25, 0.3) is 0 Å². The minimum absolute atomic E-state index is 0.0176. The van der Waals surface area contributed by atoms with Crippen molar-refractivity contribution in [2.75, 3.05) is 5.32 Å². The second-order valence-electron chi connectivity index (χ2n) is 6.23. The molecule has 1 amide bonds. The number of hydrogen-bond acceptors (Lipinski definition) is 4. The molecular weight excluding hydrogens is 371 g/mol. The number of halogens is 3. The van der Waals surface area contributed by atoms with Gasteiger partial charge in [-0.15, -0.1) is 10.2 Å². The van der Waals surface area contributed by atoms with Crippen molar-refractivity contribution >= 4 is 11.6 Å². The molecule has 1 heterocycles. The van der Waals surface area contributed by atoms with Gasteiger partial charge in [-0.2, -0.15) is 18.0 Å². The van der Waals surface area contributed by atoms with Crippen LogP contribution < -0.4 is 5.32 Å². The van der Waals surface area contributed by atoms with Crippen LogP contribution in [0.3, 0.4) is 0 Å². The van der Waals surface area contributed by atoms with Gasteiger partial charge in [-0.25, -0.2) is 0 Å². The lowest BCUT2D eigenvalue weighted by Gasteiger charge is -2.12. The van der Waals surface area contributed by atoms with Gasteiger partial charge in [-0.1, -0.05) is 37.3 Å². The van der Waals surface area contributed by atoms with E-state index in [0.717, 1.165) is 40.2 Å². The molecule has 0 saturated carbocycles. The molecule has 2 aromatic carbocycles. The molecule has 0 aliphatic heterocycles. The molecule has 3 rings (SSSR count). The first-order valence-corrected chi connectivity index (χ1v) is 8.61. The lowest BCUT2D eigenvalue weighted by Crippen LogP contribution is -2.21. The van der Waals surface area contributed by atoms with Gasteiger partial charge in [0.05, 0.1) is 5.56 Å². The molecule has 0 radical (unpaired) electrons. The SMILES string of the molecule is CCc1cccc(C)c1NC(=O)Cn1nnc(-c2cccc(C(F)(F)F)c2)n1. The van der Waals surface area contributed by atoms with E-state index in [-0.39, 0.29) is 23.8 Å². The number of rotatable bonds is 5. The van der Waals surface area contributed by atoms with Gasteiger partial charge in [0.1, 0.15) is 6.54 Å². The number of alkyl halides is 3. The summed E-state index contributed by atoms with van der Waals surface area (Å²) < 4.78 is 38.5. The Kier molecular flexibility index (Phi) is 5.43.